The molecule has 0 unspecified atom stereocenters. The van der Waals surface area contributed by atoms with Crippen LogP contribution in [0.2, 0.25) is 0 Å². The van der Waals surface area contributed by atoms with Crippen LogP contribution >= 0.6 is 0 Å². The summed E-state index contributed by atoms with van der Waals surface area (Å²) in [5, 5.41) is 13.2. The number of nitrogens with one attached hydrogen (secondary N) is 1. The van der Waals surface area contributed by atoms with Crippen molar-refractivity contribution in [3.8, 4) is 0 Å². The third-order valence-electron chi connectivity index (χ3n) is 0.712. The molecule has 0 saturated carbocycles. The topological polar surface area (TPSA) is 99.5 Å². The number of azide groups is 1. The van der Waals surface area contributed by atoms with Crippen molar-refractivity contribution in [2.75, 3.05) is 5.43 Å². The highest BCUT2D eigenvalue weighted by Crippen LogP contribution is 1.94. The van der Waals surface area contributed by atoms with Crippen molar-refractivity contribution in [1.82, 2.24) is 15.4 Å². The van der Waals surface area contributed by atoms with Crippen LogP contribution in [0.5, 0.6) is 0 Å². The largest absolute Gasteiger partial charge is 0.244 e. The lowest BCUT2D eigenvalue weighted by Gasteiger charge is -1.86. The second kappa shape index (κ2) is 3.21. The van der Waals surface area contributed by atoms with E-state index in [4.69, 9.17) is 5.53 Å². The van der Waals surface area contributed by atoms with Gasteiger partial charge < -0.3 is 0 Å². The molecular weight excluding hydrogens is 134 g/mol. The highest BCUT2D eigenvalue weighted by Gasteiger charge is 1.89. The molecule has 0 bridgehead atoms. The zero-order valence-corrected chi connectivity index (χ0v) is 4.84. The lowest BCUT2D eigenvalue weighted by molar-refractivity contribution is 0.865. The smallest absolute Gasteiger partial charge is 0.210 e. The molecule has 50 valence electrons. The van der Waals surface area contributed by atoms with Gasteiger partial charge in [-0.1, -0.05) is 5.10 Å². The first kappa shape index (κ1) is 6.24. The predicted molar refractivity (Wildman–Crippen MR) is 32.6 cm³/mol. The molecule has 1 heterocycles. The molecule has 1 aromatic rings. The van der Waals surface area contributed by atoms with Crippen LogP contribution in [0.4, 0.5) is 5.82 Å². The Hall–Kier alpha value is -1.88. The van der Waals surface area contributed by atoms with E-state index in [-0.39, 0.29) is 0 Å². The number of hydrogen-bond acceptors (Lipinski definition) is 4. The average molecular weight is 137 g/mol. The first-order chi connectivity index (χ1) is 4.93. The minimum Gasteiger partial charge on any atom is -0.210 e. The summed E-state index contributed by atoms with van der Waals surface area (Å²) in [6.45, 7) is 0. The van der Waals surface area contributed by atoms with Gasteiger partial charge in [0, 0.05) is 6.07 Å². The first-order valence-electron chi connectivity index (χ1n) is 2.38. The van der Waals surface area contributed by atoms with Crippen LogP contribution in [-0.2, 0) is 0 Å². The molecule has 0 atom stereocenters. The maximum Gasteiger partial charge on any atom is 0.244 e. The molecule has 1 rings (SSSR count). The van der Waals surface area contributed by atoms with Gasteiger partial charge in [0.1, 0.15) is 0 Å². The minimum absolute atomic E-state index is 0.368. The maximum atomic E-state index is 7.86. The number of anilines is 1. The number of aromatic nitrogens is 3. The van der Waals surface area contributed by atoms with Crippen LogP contribution < -0.4 is 5.43 Å². The molecule has 1 N–H and O–H groups in total. The Morgan fingerprint density at radius 3 is 3.20 bits per heavy atom. The fraction of sp³-hybridized carbons (Fsp3) is 0. The van der Waals surface area contributed by atoms with E-state index in [1.807, 2.05) is 0 Å². The first-order valence-corrected chi connectivity index (χ1v) is 2.38. The number of nitrogens with zero attached hydrogens (tertiary/aromatic N) is 6. The summed E-state index contributed by atoms with van der Waals surface area (Å²) in [4.78, 5) is 2.46. The molecular formula is C3H3N7. The lowest BCUT2D eigenvalue weighted by Crippen LogP contribution is -1.92. The number of rotatable bonds is 2. The zero-order chi connectivity index (χ0) is 7.23. The molecule has 0 aliphatic carbocycles. The normalized spacial score (nSPS) is 8.00. The van der Waals surface area contributed by atoms with Crippen molar-refractivity contribution in [2.24, 2.45) is 5.22 Å². The fourth-order valence-corrected chi connectivity index (χ4v) is 0.374. The summed E-state index contributed by atoms with van der Waals surface area (Å²) in [5.74, 6) is 0.368. The van der Waals surface area contributed by atoms with Crippen LogP contribution in [-0.4, -0.2) is 15.4 Å². The summed E-state index contributed by atoms with van der Waals surface area (Å²) in [6, 6.07) is 1.53. The van der Waals surface area contributed by atoms with Crippen molar-refractivity contribution < 1.29 is 0 Å². The molecule has 1 aromatic heterocycles. The SMILES string of the molecule is [N-]=[N+]=NNc1ccnnn1. The average Bonchev–Trinajstić information content (AvgIpc) is 2.03. The van der Waals surface area contributed by atoms with E-state index in [1.54, 1.807) is 0 Å². The summed E-state index contributed by atoms with van der Waals surface area (Å²) >= 11 is 0. The molecule has 0 saturated heterocycles. The van der Waals surface area contributed by atoms with Crippen molar-refractivity contribution in [1.29, 1.82) is 0 Å². The van der Waals surface area contributed by atoms with Gasteiger partial charge in [0.2, 0.25) is 5.82 Å². The lowest BCUT2D eigenvalue weighted by atomic mass is 10.6. The quantitative estimate of drug-likeness (QED) is 0.277. The maximum absolute atomic E-state index is 7.86. The van der Waals surface area contributed by atoms with Gasteiger partial charge in [-0.05, 0) is 10.4 Å². The van der Waals surface area contributed by atoms with Gasteiger partial charge in [0.15, 0.2) is 0 Å². The number of hydrogen-bond donors (Lipinski definition) is 1. The summed E-state index contributed by atoms with van der Waals surface area (Å²) in [5.41, 5.74) is 10.1. The van der Waals surface area contributed by atoms with Gasteiger partial charge in [-0.25, -0.2) is 5.43 Å². The van der Waals surface area contributed by atoms with Gasteiger partial charge in [-0.2, -0.15) is 4.91 Å². The van der Waals surface area contributed by atoms with E-state index in [0.29, 0.717) is 5.82 Å². The summed E-state index contributed by atoms with van der Waals surface area (Å²) in [7, 11) is 0. The highest BCUT2D eigenvalue weighted by atomic mass is 15.5. The van der Waals surface area contributed by atoms with Gasteiger partial charge >= 0.3 is 0 Å². The van der Waals surface area contributed by atoms with Crippen LogP contribution in [0.1, 0.15) is 0 Å². The Labute approximate surface area is 55.7 Å². The second-order valence-corrected chi connectivity index (χ2v) is 1.31. The molecule has 0 amide bonds. The van der Waals surface area contributed by atoms with E-state index in [1.165, 1.54) is 12.3 Å². The molecule has 0 spiro atoms. The Bertz CT molecular complexity index is 236. The summed E-state index contributed by atoms with van der Waals surface area (Å²) < 4.78 is 0. The summed E-state index contributed by atoms with van der Waals surface area (Å²) in [6.07, 6.45) is 1.43. The molecule has 7 heteroatoms. The van der Waals surface area contributed by atoms with E-state index in [2.05, 4.69) is 31.0 Å². The minimum atomic E-state index is 0.368. The van der Waals surface area contributed by atoms with Crippen LogP contribution in [0.15, 0.2) is 17.5 Å². The molecule has 0 aliphatic rings. The van der Waals surface area contributed by atoms with E-state index in [0.717, 1.165) is 0 Å². The van der Waals surface area contributed by atoms with Crippen LogP contribution in [0, 0.1) is 0 Å². The van der Waals surface area contributed by atoms with Gasteiger partial charge in [-0.15, -0.1) is 10.6 Å². The van der Waals surface area contributed by atoms with E-state index in [9.17, 15) is 0 Å². The Kier molecular flexibility index (Phi) is 2.00. The molecule has 0 aromatic carbocycles. The molecule has 7 nitrogen and oxygen atoms in total. The van der Waals surface area contributed by atoms with Gasteiger partial charge in [0.05, 0.1) is 6.20 Å². The van der Waals surface area contributed by atoms with Crippen molar-refractivity contribution in [3.63, 3.8) is 0 Å². The van der Waals surface area contributed by atoms with Crippen molar-refractivity contribution in [3.05, 3.63) is 22.7 Å². The van der Waals surface area contributed by atoms with Gasteiger partial charge in [0.25, 0.3) is 0 Å². The predicted octanol–water partition coefficient (Wildman–Crippen LogP) is 0.509. The van der Waals surface area contributed by atoms with Crippen LogP contribution in [0.3, 0.4) is 0 Å². The van der Waals surface area contributed by atoms with E-state index >= 15 is 0 Å². The Morgan fingerprint density at radius 2 is 2.60 bits per heavy atom. The third-order valence-corrected chi connectivity index (χ3v) is 0.712. The van der Waals surface area contributed by atoms with Gasteiger partial charge in [-0.3, -0.25) is 0 Å². The molecule has 0 fully saturated rings. The van der Waals surface area contributed by atoms with Crippen LogP contribution in [0.25, 0.3) is 10.4 Å². The monoisotopic (exact) mass is 137 g/mol. The van der Waals surface area contributed by atoms with Crippen molar-refractivity contribution >= 4 is 5.82 Å². The molecule has 10 heavy (non-hydrogen) atoms. The Morgan fingerprint density at radius 1 is 1.70 bits per heavy atom. The molecule has 0 radical (unpaired) electrons. The van der Waals surface area contributed by atoms with Crippen molar-refractivity contribution in [2.45, 2.75) is 0 Å². The zero-order valence-electron chi connectivity index (χ0n) is 4.84. The molecule has 0 aliphatic heterocycles. The highest BCUT2D eigenvalue weighted by molar-refractivity contribution is 5.28. The standard InChI is InChI=1S/C3H3N7/c4-8-10-7-3-1-2-5-9-6-3/h1-2H,(H,5,6,7). The fourth-order valence-electron chi connectivity index (χ4n) is 0.374. The van der Waals surface area contributed by atoms with E-state index < -0.39 is 0 Å². The second-order valence-electron chi connectivity index (χ2n) is 1.31. The Balaban J connectivity index is 2.67. The third kappa shape index (κ3) is 1.57.